The predicted octanol–water partition coefficient (Wildman–Crippen LogP) is -0.136. The minimum atomic E-state index is -0.702. The van der Waals surface area contributed by atoms with Gasteiger partial charge in [0.05, 0.1) is 11.3 Å². The van der Waals surface area contributed by atoms with E-state index in [4.69, 9.17) is 5.11 Å². The fraction of sp³-hybridized carbons (Fsp3) is 0.818. The number of nitrogens with zero attached hydrogens (tertiary/aromatic N) is 3. The van der Waals surface area contributed by atoms with Gasteiger partial charge in [-0.15, -0.1) is 5.10 Å². The van der Waals surface area contributed by atoms with Crippen LogP contribution in [0.4, 0.5) is 0 Å². The van der Waals surface area contributed by atoms with E-state index < -0.39 is 5.60 Å². The number of thioether (sulfide) groups is 1. The summed E-state index contributed by atoms with van der Waals surface area (Å²) < 4.78 is 1.72. The lowest BCUT2D eigenvalue weighted by molar-refractivity contribution is 0.0845. The Morgan fingerprint density at radius 1 is 1.56 bits per heavy atom. The largest absolute Gasteiger partial charge is 0.396 e. The minimum Gasteiger partial charge on any atom is -0.396 e. The number of hydrogen-bond donors (Lipinski definition) is 3. The molecule has 1 atom stereocenters. The van der Waals surface area contributed by atoms with Crippen molar-refractivity contribution in [2.45, 2.75) is 32.0 Å². The maximum Gasteiger partial charge on any atom is 0.0964 e. The molecule has 6 nitrogen and oxygen atoms in total. The van der Waals surface area contributed by atoms with Gasteiger partial charge in [-0.05, 0) is 19.6 Å². The molecule has 1 unspecified atom stereocenters. The normalized spacial score (nSPS) is 14.7. The summed E-state index contributed by atoms with van der Waals surface area (Å²) in [5.41, 5.74) is 0.139. The summed E-state index contributed by atoms with van der Waals surface area (Å²) in [6.45, 7) is 3.76. The molecule has 1 rings (SSSR count). The topological polar surface area (TPSA) is 83.2 Å². The Kier molecular flexibility index (Phi) is 6.62. The van der Waals surface area contributed by atoms with Crippen molar-refractivity contribution in [1.29, 1.82) is 0 Å². The van der Waals surface area contributed by atoms with Gasteiger partial charge in [0, 0.05) is 38.2 Å². The average molecular weight is 274 g/mol. The summed E-state index contributed by atoms with van der Waals surface area (Å²) in [5.74, 6) is 0.698. The lowest BCUT2D eigenvalue weighted by Crippen LogP contribution is -2.39. The van der Waals surface area contributed by atoms with Crippen LogP contribution in [0.3, 0.4) is 0 Å². The molecule has 0 aliphatic rings. The van der Waals surface area contributed by atoms with Crippen molar-refractivity contribution in [2.24, 2.45) is 0 Å². The maximum atomic E-state index is 9.96. The zero-order valence-corrected chi connectivity index (χ0v) is 11.8. The lowest BCUT2D eigenvalue weighted by atomic mass is 10.1. The molecule has 0 aliphatic heterocycles. The molecule has 1 heterocycles. The third kappa shape index (κ3) is 5.81. The maximum absolute atomic E-state index is 9.96. The van der Waals surface area contributed by atoms with Crippen LogP contribution >= 0.6 is 11.8 Å². The van der Waals surface area contributed by atoms with Gasteiger partial charge in [-0.3, -0.25) is 4.68 Å². The average Bonchev–Trinajstić information content (AvgIpc) is 2.74. The molecule has 0 fully saturated rings. The van der Waals surface area contributed by atoms with Crippen molar-refractivity contribution in [3.8, 4) is 0 Å². The van der Waals surface area contributed by atoms with Crippen molar-refractivity contribution in [2.75, 3.05) is 25.2 Å². The van der Waals surface area contributed by atoms with Gasteiger partial charge >= 0.3 is 0 Å². The lowest BCUT2D eigenvalue weighted by Gasteiger charge is -2.22. The Labute approximate surface area is 112 Å². The predicted molar refractivity (Wildman–Crippen MR) is 72.4 cm³/mol. The summed E-state index contributed by atoms with van der Waals surface area (Å²) in [5, 5.41) is 29.8. The second-order valence-corrected chi connectivity index (χ2v) is 5.45. The summed E-state index contributed by atoms with van der Waals surface area (Å²) >= 11 is 1.62. The Morgan fingerprint density at radius 3 is 3.00 bits per heavy atom. The van der Waals surface area contributed by atoms with Crippen LogP contribution in [-0.2, 0) is 13.1 Å². The summed E-state index contributed by atoms with van der Waals surface area (Å²) in [7, 11) is 0. The monoisotopic (exact) mass is 274 g/mol. The third-order valence-corrected chi connectivity index (χ3v) is 3.31. The van der Waals surface area contributed by atoms with E-state index in [0.29, 0.717) is 31.8 Å². The molecule has 1 aromatic rings. The SMILES string of the molecule is CSCC(C)(O)CNCc1cn(CCCO)nn1. The molecule has 104 valence electrons. The summed E-state index contributed by atoms with van der Waals surface area (Å²) in [4.78, 5) is 0. The molecule has 0 amide bonds. The van der Waals surface area contributed by atoms with E-state index >= 15 is 0 Å². The molecule has 1 aromatic heterocycles. The Hall–Kier alpha value is -0.630. The fourth-order valence-corrected chi connectivity index (χ4v) is 2.31. The van der Waals surface area contributed by atoms with Gasteiger partial charge in [0.25, 0.3) is 0 Å². The number of aromatic nitrogens is 3. The third-order valence-electron chi connectivity index (χ3n) is 2.40. The van der Waals surface area contributed by atoms with E-state index in [1.165, 1.54) is 0 Å². The molecule has 3 N–H and O–H groups in total. The van der Waals surface area contributed by atoms with E-state index in [2.05, 4.69) is 15.6 Å². The van der Waals surface area contributed by atoms with Gasteiger partial charge in [0.15, 0.2) is 0 Å². The van der Waals surface area contributed by atoms with Crippen molar-refractivity contribution in [3.63, 3.8) is 0 Å². The number of nitrogens with one attached hydrogen (secondary N) is 1. The molecular weight excluding hydrogens is 252 g/mol. The highest BCUT2D eigenvalue weighted by atomic mass is 32.2. The van der Waals surface area contributed by atoms with Gasteiger partial charge in [-0.1, -0.05) is 5.21 Å². The van der Waals surface area contributed by atoms with Gasteiger partial charge in [-0.2, -0.15) is 11.8 Å². The summed E-state index contributed by atoms with van der Waals surface area (Å²) in [6.07, 6.45) is 4.51. The Morgan fingerprint density at radius 2 is 2.33 bits per heavy atom. The first-order valence-electron chi connectivity index (χ1n) is 5.99. The van der Waals surface area contributed by atoms with Gasteiger partial charge in [0.2, 0.25) is 0 Å². The van der Waals surface area contributed by atoms with E-state index in [1.807, 2.05) is 19.4 Å². The molecule has 0 radical (unpaired) electrons. The molecule has 0 aromatic carbocycles. The van der Waals surface area contributed by atoms with E-state index in [9.17, 15) is 5.11 Å². The van der Waals surface area contributed by atoms with Crippen LogP contribution in [0.25, 0.3) is 0 Å². The highest BCUT2D eigenvalue weighted by Crippen LogP contribution is 2.09. The van der Waals surface area contributed by atoms with Crippen LogP contribution in [0.15, 0.2) is 6.20 Å². The van der Waals surface area contributed by atoms with E-state index in [-0.39, 0.29) is 6.61 Å². The van der Waals surface area contributed by atoms with Gasteiger partial charge in [0.1, 0.15) is 0 Å². The quantitative estimate of drug-likeness (QED) is 0.581. The van der Waals surface area contributed by atoms with Gasteiger partial charge < -0.3 is 15.5 Å². The molecule has 0 saturated heterocycles. The smallest absolute Gasteiger partial charge is 0.0964 e. The Balaban J connectivity index is 2.28. The molecule has 0 aliphatic carbocycles. The van der Waals surface area contributed by atoms with Gasteiger partial charge in [-0.25, -0.2) is 0 Å². The molecule has 18 heavy (non-hydrogen) atoms. The summed E-state index contributed by atoms with van der Waals surface area (Å²) in [6, 6.07) is 0. The van der Waals surface area contributed by atoms with Crippen LogP contribution in [0.2, 0.25) is 0 Å². The van der Waals surface area contributed by atoms with Crippen LogP contribution in [0, 0.1) is 0 Å². The second-order valence-electron chi connectivity index (χ2n) is 4.58. The van der Waals surface area contributed by atoms with Crippen molar-refractivity contribution in [1.82, 2.24) is 20.3 Å². The van der Waals surface area contributed by atoms with E-state index in [0.717, 1.165) is 5.69 Å². The fourth-order valence-electron chi connectivity index (χ4n) is 1.58. The number of aliphatic hydroxyl groups is 2. The number of hydrogen-bond acceptors (Lipinski definition) is 6. The first-order valence-corrected chi connectivity index (χ1v) is 7.39. The molecule has 0 bridgehead atoms. The van der Waals surface area contributed by atoms with Crippen molar-refractivity contribution in [3.05, 3.63) is 11.9 Å². The van der Waals surface area contributed by atoms with Crippen molar-refractivity contribution >= 4 is 11.8 Å². The van der Waals surface area contributed by atoms with Crippen LogP contribution in [0.5, 0.6) is 0 Å². The van der Waals surface area contributed by atoms with Crippen LogP contribution in [0.1, 0.15) is 19.0 Å². The second kappa shape index (κ2) is 7.73. The highest BCUT2D eigenvalue weighted by Gasteiger charge is 2.18. The Bertz CT molecular complexity index is 344. The standard InChI is InChI=1S/C11H22N4O2S/c1-11(17,9-18-2)8-12-6-10-7-15(14-13-10)4-3-5-16/h7,12,16-17H,3-6,8-9H2,1-2H3. The first kappa shape index (κ1) is 15.4. The number of aliphatic hydroxyl groups excluding tert-OH is 1. The minimum absolute atomic E-state index is 0.158. The van der Waals surface area contributed by atoms with E-state index in [1.54, 1.807) is 16.4 Å². The zero-order chi connectivity index (χ0) is 13.4. The van der Waals surface area contributed by atoms with Crippen LogP contribution in [-0.4, -0.2) is 56.0 Å². The zero-order valence-electron chi connectivity index (χ0n) is 11.0. The molecule has 0 spiro atoms. The highest BCUT2D eigenvalue weighted by molar-refractivity contribution is 7.98. The molecule has 0 saturated carbocycles. The first-order chi connectivity index (χ1) is 8.57. The van der Waals surface area contributed by atoms with Crippen molar-refractivity contribution < 1.29 is 10.2 Å². The molecule has 7 heteroatoms. The van der Waals surface area contributed by atoms with Crippen LogP contribution < -0.4 is 5.32 Å². The number of rotatable bonds is 9. The number of aryl methyl sites for hydroxylation is 1. The molecular formula is C11H22N4O2S.